The van der Waals surface area contributed by atoms with Crippen molar-refractivity contribution in [3.05, 3.63) is 53.6 Å². The quantitative estimate of drug-likeness (QED) is 0.688. The monoisotopic (exact) mass is 254 g/mol. The summed E-state index contributed by atoms with van der Waals surface area (Å²) in [5, 5.41) is 4.25. The third-order valence-corrected chi connectivity index (χ3v) is 2.77. The van der Waals surface area contributed by atoms with E-state index in [1.54, 1.807) is 12.4 Å². The number of fused-ring (bicyclic) bond motifs is 1. The fourth-order valence-electron chi connectivity index (χ4n) is 1.77. The number of hydrogen-bond donors (Lipinski definition) is 2. The first-order chi connectivity index (χ1) is 8.83. The first kappa shape index (κ1) is 10.9. The lowest BCUT2D eigenvalue weighted by Gasteiger charge is -2.08. The molecule has 0 aliphatic carbocycles. The van der Waals surface area contributed by atoms with E-state index in [4.69, 9.17) is 12.2 Å². The molecule has 4 nitrogen and oxygen atoms in total. The van der Waals surface area contributed by atoms with Crippen LogP contribution in [0, 0.1) is 4.77 Å². The van der Waals surface area contributed by atoms with E-state index in [0.717, 1.165) is 22.4 Å². The zero-order chi connectivity index (χ0) is 12.4. The van der Waals surface area contributed by atoms with Crippen molar-refractivity contribution in [1.82, 2.24) is 15.0 Å². The van der Waals surface area contributed by atoms with E-state index in [1.165, 1.54) is 0 Å². The lowest BCUT2D eigenvalue weighted by molar-refractivity contribution is 1.18. The lowest BCUT2D eigenvalue weighted by Crippen LogP contribution is -1.96. The van der Waals surface area contributed by atoms with Crippen molar-refractivity contribution in [1.29, 1.82) is 0 Å². The first-order valence-electron chi connectivity index (χ1n) is 5.49. The average molecular weight is 254 g/mol. The molecule has 0 saturated carbocycles. The first-order valence-corrected chi connectivity index (χ1v) is 5.90. The number of benzene rings is 1. The van der Waals surface area contributed by atoms with Gasteiger partial charge in [0.15, 0.2) is 4.77 Å². The third-order valence-electron chi connectivity index (χ3n) is 2.58. The van der Waals surface area contributed by atoms with Crippen LogP contribution in [-0.2, 0) is 0 Å². The molecule has 88 valence electrons. The van der Waals surface area contributed by atoms with E-state index in [9.17, 15) is 0 Å². The normalized spacial score (nSPS) is 10.4. The summed E-state index contributed by atoms with van der Waals surface area (Å²) < 4.78 is 0.463. The van der Waals surface area contributed by atoms with Crippen LogP contribution >= 0.6 is 12.2 Å². The standard InChI is InChI=1S/C13H10N4S/c18-13-16-11-4-2-1-3-10(11)12(17-13)15-9-5-7-14-8-6-9/h1-8H,(H2,14,15,16,17,18). The number of aromatic nitrogens is 3. The predicted octanol–water partition coefficient (Wildman–Crippen LogP) is 3.43. The predicted molar refractivity (Wildman–Crippen MR) is 74.4 cm³/mol. The molecule has 0 unspecified atom stereocenters. The summed E-state index contributed by atoms with van der Waals surface area (Å²) in [5.74, 6) is 0.751. The van der Waals surface area contributed by atoms with Gasteiger partial charge in [-0.05, 0) is 36.5 Å². The second kappa shape index (κ2) is 4.54. The van der Waals surface area contributed by atoms with Crippen molar-refractivity contribution in [2.24, 2.45) is 0 Å². The average Bonchev–Trinajstić information content (AvgIpc) is 2.40. The Morgan fingerprint density at radius 2 is 1.83 bits per heavy atom. The van der Waals surface area contributed by atoms with Crippen LogP contribution in [-0.4, -0.2) is 15.0 Å². The summed E-state index contributed by atoms with van der Waals surface area (Å²) in [6.07, 6.45) is 3.46. The number of anilines is 2. The van der Waals surface area contributed by atoms with Gasteiger partial charge in [0, 0.05) is 23.5 Å². The van der Waals surface area contributed by atoms with E-state index < -0.39 is 0 Å². The van der Waals surface area contributed by atoms with Gasteiger partial charge in [-0.1, -0.05) is 12.1 Å². The van der Waals surface area contributed by atoms with Crippen molar-refractivity contribution in [3.63, 3.8) is 0 Å². The number of hydrogen-bond acceptors (Lipinski definition) is 4. The SMILES string of the molecule is S=c1nc(Nc2ccncc2)c2ccccc2[nH]1. The van der Waals surface area contributed by atoms with Crippen molar-refractivity contribution < 1.29 is 0 Å². The molecule has 0 radical (unpaired) electrons. The Bertz CT molecular complexity index is 737. The molecule has 0 bridgehead atoms. The molecule has 1 aromatic carbocycles. The van der Waals surface area contributed by atoms with Crippen molar-refractivity contribution in [3.8, 4) is 0 Å². The van der Waals surface area contributed by atoms with Crippen molar-refractivity contribution >= 4 is 34.6 Å². The minimum absolute atomic E-state index is 0.463. The highest BCUT2D eigenvalue weighted by Crippen LogP contribution is 2.22. The number of pyridine rings is 1. The fraction of sp³-hybridized carbons (Fsp3) is 0. The third kappa shape index (κ3) is 2.08. The van der Waals surface area contributed by atoms with E-state index in [1.807, 2.05) is 36.4 Å². The highest BCUT2D eigenvalue weighted by Gasteiger charge is 2.03. The molecule has 0 aliphatic heterocycles. The molecule has 3 aromatic rings. The van der Waals surface area contributed by atoms with Crippen LogP contribution in [0.3, 0.4) is 0 Å². The molecule has 5 heteroatoms. The zero-order valence-corrected chi connectivity index (χ0v) is 10.2. The minimum Gasteiger partial charge on any atom is -0.339 e. The van der Waals surface area contributed by atoms with Gasteiger partial charge in [-0.2, -0.15) is 0 Å². The fourth-order valence-corrected chi connectivity index (χ4v) is 1.97. The topological polar surface area (TPSA) is 53.6 Å². The van der Waals surface area contributed by atoms with Gasteiger partial charge in [0.1, 0.15) is 5.82 Å². The molecular weight excluding hydrogens is 244 g/mol. The van der Waals surface area contributed by atoms with Crippen molar-refractivity contribution in [2.75, 3.05) is 5.32 Å². The summed E-state index contributed by atoms with van der Waals surface area (Å²) in [6.45, 7) is 0. The van der Waals surface area contributed by atoms with Gasteiger partial charge in [0.05, 0.1) is 5.52 Å². The van der Waals surface area contributed by atoms with Crippen LogP contribution in [0.2, 0.25) is 0 Å². The van der Waals surface area contributed by atoms with Gasteiger partial charge in [0.2, 0.25) is 0 Å². The molecule has 0 fully saturated rings. The summed E-state index contributed by atoms with van der Waals surface area (Å²) in [7, 11) is 0. The summed E-state index contributed by atoms with van der Waals surface area (Å²) >= 11 is 5.12. The van der Waals surface area contributed by atoms with Gasteiger partial charge in [-0.15, -0.1) is 0 Å². The highest BCUT2D eigenvalue weighted by molar-refractivity contribution is 7.71. The van der Waals surface area contributed by atoms with Crippen LogP contribution < -0.4 is 5.32 Å². The maximum atomic E-state index is 5.12. The Morgan fingerprint density at radius 1 is 1.06 bits per heavy atom. The van der Waals surface area contributed by atoms with E-state index >= 15 is 0 Å². The number of rotatable bonds is 2. The molecule has 0 atom stereocenters. The van der Waals surface area contributed by atoms with Gasteiger partial charge < -0.3 is 10.3 Å². The number of aromatic amines is 1. The second-order valence-electron chi connectivity index (χ2n) is 3.80. The molecule has 3 rings (SSSR count). The molecular formula is C13H10N4S. The van der Waals surface area contributed by atoms with Gasteiger partial charge in [-0.3, -0.25) is 4.98 Å². The van der Waals surface area contributed by atoms with E-state index in [0.29, 0.717) is 4.77 Å². The minimum atomic E-state index is 0.463. The molecule has 2 heterocycles. The maximum absolute atomic E-state index is 5.12. The Morgan fingerprint density at radius 3 is 2.67 bits per heavy atom. The van der Waals surface area contributed by atoms with Crippen LogP contribution in [0.5, 0.6) is 0 Å². The Balaban J connectivity index is 2.14. The molecule has 0 spiro atoms. The van der Waals surface area contributed by atoms with Gasteiger partial charge in [0.25, 0.3) is 0 Å². The molecule has 0 amide bonds. The van der Waals surface area contributed by atoms with E-state index in [2.05, 4.69) is 20.3 Å². The van der Waals surface area contributed by atoms with E-state index in [-0.39, 0.29) is 0 Å². The Kier molecular flexibility index (Phi) is 2.74. The second-order valence-corrected chi connectivity index (χ2v) is 4.18. The largest absolute Gasteiger partial charge is 0.339 e. The van der Waals surface area contributed by atoms with Crippen LogP contribution in [0.1, 0.15) is 0 Å². The number of para-hydroxylation sites is 1. The summed E-state index contributed by atoms with van der Waals surface area (Å²) in [5.41, 5.74) is 1.90. The Labute approximate surface area is 109 Å². The highest BCUT2D eigenvalue weighted by atomic mass is 32.1. The van der Waals surface area contributed by atoms with Gasteiger partial charge in [-0.25, -0.2) is 4.98 Å². The molecule has 0 aliphatic rings. The van der Waals surface area contributed by atoms with Gasteiger partial charge >= 0.3 is 0 Å². The van der Waals surface area contributed by atoms with Crippen LogP contribution in [0.25, 0.3) is 10.9 Å². The van der Waals surface area contributed by atoms with Crippen LogP contribution in [0.4, 0.5) is 11.5 Å². The lowest BCUT2D eigenvalue weighted by atomic mass is 10.2. The number of H-pyrrole nitrogens is 1. The number of nitrogens with zero attached hydrogens (tertiary/aromatic N) is 2. The maximum Gasteiger partial charge on any atom is 0.199 e. The zero-order valence-electron chi connectivity index (χ0n) is 9.42. The molecule has 2 aromatic heterocycles. The molecule has 18 heavy (non-hydrogen) atoms. The summed E-state index contributed by atoms with van der Waals surface area (Å²) in [6, 6.07) is 11.7. The molecule has 2 N–H and O–H groups in total. The van der Waals surface area contributed by atoms with Crippen molar-refractivity contribution in [2.45, 2.75) is 0 Å². The smallest absolute Gasteiger partial charge is 0.199 e. The Hall–Kier alpha value is -2.27. The molecule has 0 saturated heterocycles. The summed E-state index contributed by atoms with van der Waals surface area (Å²) in [4.78, 5) is 11.4. The number of nitrogens with one attached hydrogen (secondary N) is 2. The van der Waals surface area contributed by atoms with Crippen LogP contribution in [0.15, 0.2) is 48.8 Å².